The van der Waals surface area contributed by atoms with Gasteiger partial charge in [0, 0.05) is 5.69 Å². The van der Waals surface area contributed by atoms with Crippen LogP contribution in [0.4, 0.5) is 0 Å². The molecule has 0 fully saturated rings. The maximum atomic E-state index is 10.2. The molecular weight excluding hydrogens is 128 g/mol. The Morgan fingerprint density at radius 2 is 2.40 bits per heavy atom. The van der Waals surface area contributed by atoms with Crippen LogP contribution in [0.2, 0.25) is 0 Å². The zero-order chi connectivity index (χ0) is 7.56. The minimum absolute atomic E-state index is 0.425. The van der Waals surface area contributed by atoms with Gasteiger partial charge in [0.1, 0.15) is 0 Å². The van der Waals surface area contributed by atoms with Crippen molar-refractivity contribution in [3.05, 3.63) is 17.2 Å². The molecule has 10 heavy (non-hydrogen) atoms. The van der Waals surface area contributed by atoms with Crippen molar-refractivity contribution in [1.82, 2.24) is 9.97 Å². The lowest BCUT2D eigenvalue weighted by atomic mass is 10.3. The van der Waals surface area contributed by atoms with Crippen LogP contribution in [0.1, 0.15) is 28.9 Å². The number of aldehydes is 1. The smallest absolute Gasteiger partial charge is 0.185 e. The minimum atomic E-state index is 0.425. The molecule has 0 aliphatic heterocycles. The lowest BCUT2D eigenvalue weighted by Gasteiger charge is -1.87. The Balaban J connectivity index is 3.03. The van der Waals surface area contributed by atoms with Crippen LogP contribution in [-0.2, 0) is 6.42 Å². The third-order valence-electron chi connectivity index (χ3n) is 1.47. The van der Waals surface area contributed by atoms with Gasteiger partial charge in [-0.25, -0.2) is 4.98 Å². The summed E-state index contributed by atoms with van der Waals surface area (Å²) in [6.45, 7) is 3.91. The number of imidazole rings is 1. The molecule has 0 unspecified atom stereocenters. The molecule has 1 aromatic rings. The highest BCUT2D eigenvalue weighted by atomic mass is 16.1. The van der Waals surface area contributed by atoms with E-state index in [-0.39, 0.29) is 0 Å². The fraction of sp³-hybridized carbons (Fsp3) is 0.429. The first-order valence-corrected chi connectivity index (χ1v) is 3.28. The van der Waals surface area contributed by atoms with Crippen LogP contribution < -0.4 is 0 Å². The van der Waals surface area contributed by atoms with E-state index in [9.17, 15) is 4.79 Å². The van der Waals surface area contributed by atoms with Crippen LogP contribution in [0.15, 0.2) is 0 Å². The molecule has 54 valence electrons. The number of nitrogens with zero attached hydrogens (tertiary/aromatic N) is 1. The summed E-state index contributed by atoms with van der Waals surface area (Å²) in [6.07, 6.45) is 1.62. The summed E-state index contributed by atoms with van der Waals surface area (Å²) in [5.74, 6) is 0.425. The largest absolute Gasteiger partial charge is 0.339 e. The minimum Gasteiger partial charge on any atom is -0.339 e. The number of carbonyl (C=O) groups excluding carboxylic acids is 1. The van der Waals surface area contributed by atoms with Crippen molar-refractivity contribution in [2.75, 3.05) is 0 Å². The van der Waals surface area contributed by atoms with E-state index in [4.69, 9.17) is 0 Å². The molecule has 0 saturated carbocycles. The average molecular weight is 138 g/mol. The molecule has 0 bridgehead atoms. The standard InChI is InChI=1S/C7H10N2O/c1-3-6-5(2)8-7(4-10)9-6/h4H,3H2,1-2H3,(H,8,9). The Hall–Kier alpha value is -1.12. The number of hydrogen-bond acceptors (Lipinski definition) is 2. The van der Waals surface area contributed by atoms with Crippen molar-refractivity contribution in [2.45, 2.75) is 20.3 Å². The average Bonchev–Trinajstić information content (AvgIpc) is 2.30. The molecule has 1 heterocycles. The Morgan fingerprint density at radius 3 is 2.70 bits per heavy atom. The Kier molecular flexibility index (Phi) is 1.85. The molecule has 0 aliphatic rings. The molecule has 0 atom stereocenters. The van der Waals surface area contributed by atoms with E-state index in [1.54, 1.807) is 0 Å². The second kappa shape index (κ2) is 2.64. The van der Waals surface area contributed by atoms with E-state index in [2.05, 4.69) is 9.97 Å². The topological polar surface area (TPSA) is 45.8 Å². The van der Waals surface area contributed by atoms with Gasteiger partial charge in [-0.05, 0) is 13.3 Å². The van der Waals surface area contributed by atoms with Gasteiger partial charge in [0.15, 0.2) is 12.1 Å². The van der Waals surface area contributed by atoms with Gasteiger partial charge in [-0.15, -0.1) is 0 Å². The lowest BCUT2D eigenvalue weighted by Crippen LogP contribution is -1.83. The first-order valence-electron chi connectivity index (χ1n) is 3.28. The third-order valence-corrected chi connectivity index (χ3v) is 1.47. The molecular formula is C7H10N2O. The highest BCUT2D eigenvalue weighted by Gasteiger charge is 2.01. The van der Waals surface area contributed by atoms with Crippen molar-refractivity contribution < 1.29 is 4.79 Å². The predicted octanol–water partition coefficient (Wildman–Crippen LogP) is 1.09. The number of rotatable bonds is 2. The molecule has 0 amide bonds. The summed E-state index contributed by atoms with van der Waals surface area (Å²) in [7, 11) is 0. The molecule has 0 spiro atoms. The number of nitrogens with one attached hydrogen (secondary N) is 1. The first kappa shape index (κ1) is 6.99. The second-order valence-electron chi connectivity index (χ2n) is 2.16. The molecule has 0 aliphatic carbocycles. The monoisotopic (exact) mass is 138 g/mol. The number of aromatic amines is 1. The molecule has 0 radical (unpaired) electrons. The highest BCUT2D eigenvalue weighted by molar-refractivity contribution is 5.69. The first-order chi connectivity index (χ1) is 4.77. The van der Waals surface area contributed by atoms with Crippen molar-refractivity contribution >= 4 is 6.29 Å². The van der Waals surface area contributed by atoms with Crippen LogP contribution in [0.3, 0.4) is 0 Å². The van der Waals surface area contributed by atoms with Gasteiger partial charge in [-0.2, -0.15) is 0 Å². The van der Waals surface area contributed by atoms with Crippen LogP contribution in [0.25, 0.3) is 0 Å². The van der Waals surface area contributed by atoms with Gasteiger partial charge in [-0.3, -0.25) is 4.79 Å². The molecule has 1 N–H and O–H groups in total. The molecule has 3 nitrogen and oxygen atoms in total. The van der Waals surface area contributed by atoms with Gasteiger partial charge in [0.05, 0.1) is 5.69 Å². The Labute approximate surface area is 59.5 Å². The molecule has 1 rings (SSSR count). The Morgan fingerprint density at radius 1 is 1.70 bits per heavy atom. The zero-order valence-corrected chi connectivity index (χ0v) is 6.14. The van der Waals surface area contributed by atoms with E-state index in [0.717, 1.165) is 24.1 Å². The van der Waals surface area contributed by atoms with Crippen molar-refractivity contribution in [3.63, 3.8) is 0 Å². The number of hydrogen-bond donors (Lipinski definition) is 1. The van der Waals surface area contributed by atoms with Crippen molar-refractivity contribution in [1.29, 1.82) is 0 Å². The summed E-state index contributed by atoms with van der Waals surface area (Å²) in [4.78, 5) is 17.1. The van der Waals surface area contributed by atoms with Crippen molar-refractivity contribution in [2.24, 2.45) is 0 Å². The summed E-state index contributed by atoms with van der Waals surface area (Å²) in [5, 5.41) is 0. The quantitative estimate of drug-likeness (QED) is 0.622. The van der Waals surface area contributed by atoms with Crippen LogP contribution in [0, 0.1) is 6.92 Å². The van der Waals surface area contributed by atoms with Gasteiger partial charge in [-0.1, -0.05) is 6.92 Å². The number of aryl methyl sites for hydroxylation is 2. The Bertz CT molecular complexity index is 240. The molecule has 3 heteroatoms. The summed E-state index contributed by atoms with van der Waals surface area (Å²) >= 11 is 0. The normalized spacial score (nSPS) is 9.80. The van der Waals surface area contributed by atoms with Gasteiger partial charge in [0.25, 0.3) is 0 Å². The summed E-state index contributed by atoms with van der Waals surface area (Å²) in [6, 6.07) is 0. The second-order valence-corrected chi connectivity index (χ2v) is 2.16. The molecule has 0 aromatic carbocycles. The van der Waals surface area contributed by atoms with Crippen LogP contribution in [-0.4, -0.2) is 16.3 Å². The molecule has 1 aromatic heterocycles. The number of H-pyrrole nitrogens is 1. The van der Waals surface area contributed by atoms with Gasteiger partial charge < -0.3 is 4.98 Å². The highest BCUT2D eigenvalue weighted by Crippen LogP contribution is 2.02. The van der Waals surface area contributed by atoms with Crippen molar-refractivity contribution in [3.8, 4) is 0 Å². The number of aromatic nitrogens is 2. The summed E-state index contributed by atoms with van der Waals surface area (Å²) in [5.41, 5.74) is 1.96. The number of carbonyl (C=O) groups is 1. The lowest BCUT2D eigenvalue weighted by molar-refractivity contribution is 0.111. The van der Waals surface area contributed by atoms with Crippen LogP contribution >= 0.6 is 0 Å². The molecule has 0 saturated heterocycles. The van der Waals surface area contributed by atoms with E-state index < -0.39 is 0 Å². The third kappa shape index (κ3) is 1.07. The maximum absolute atomic E-state index is 10.2. The van der Waals surface area contributed by atoms with E-state index in [0.29, 0.717) is 5.82 Å². The fourth-order valence-electron chi connectivity index (χ4n) is 0.921. The predicted molar refractivity (Wildman–Crippen MR) is 38.1 cm³/mol. The van der Waals surface area contributed by atoms with Gasteiger partial charge >= 0.3 is 0 Å². The zero-order valence-electron chi connectivity index (χ0n) is 6.14. The van der Waals surface area contributed by atoms with E-state index in [1.165, 1.54) is 0 Å². The van der Waals surface area contributed by atoms with Crippen LogP contribution in [0.5, 0.6) is 0 Å². The summed E-state index contributed by atoms with van der Waals surface area (Å²) < 4.78 is 0. The SMILES string of the molecule is CCc1[nH]c(C=O)nc1C. The fourth-order valence-corrected chi connectivity index (χ4v) is 0.921. The van der Waals surface area contributed by atoms with E-state index in [1.807, 2.05) is 13.8 Å². The van der Waals surface area contributed by atoms with Gasteiger partial charge in [0.2, 0.25) is 0 Å². The van der Waals surface area contributed by atoms with E-state index >= 15 is 0 Å². The maximum Gasteiger partial charge on any atom is 0.185 e.